The number of halogens is 1. The average molecular weight is 227 g/mol. The fourth-order valence-electron chi connectivity index (χ4n) is 1.29. The van der Waals surface area contributed by atoms with Crippen molar-refractivity contribution in [1.29, 1.82) is 0 Å². The quantitative estimate of drug-likeness (QED) is 0.729. The molecule has 0 unspecified atom stereocenters. The van der Waals surface area contributed by atoms with Crippen LogP contribution in [0, 0.1) is 5.82 Å². The molecule has 16 heavy (non-hydrogen) atoms. The molecule has 0 atom stereocenters. The smallest absolute Gasteiger partial charge is 0.337 e. The van der Waals surface area contributed by atoms with E-state index >= 15 is 0 Å². The molecule has 0 heterocycles. The van der Waals surface area contributed by atoms with Crippen LogP contribution in [0.25, 0.3) is 0 Å². The van der Waals surface area contributed by atoms with Gasteiger partial charge in [0.2, 0.25) is 0 Å². The third kappa shape index (κ3) is 3.51. The Bertz CT molecular complexity index is 368. The van der Waals surface area contributed by atoms with Crippen molar-refractivity contribution < 1.29 is 19.0 Å². The molecule has 0 amide bonds. The molecule has 88 valence electrons. The maximum atomic E-state index is 12.8. The molecular weight excluding hydrogens is 213 g/mol. The van der Waals surface area contributed by atoms with Gasteiger partial charge in [0, 0.05) is 25.9 Å². The minimum atomic E-state index is -1.14. The summed E-state index contributed by atoms with van der Waals surface area (Å²) in [6, 6.07) is 3.65. The van der Waals surface area contributed by atoms with Crippen LogP contribution >= 0.6 is 0 Å². The van der Waals surface area contributed by atoms with Crippen LogP contribution in [0.3, 0.4) is 0 Å². The first-order chi connectivity index (χ1) is 7.65. The average Bonchev–Trinajstić information content (AvgIpc) is 2.26. The number of nitrogens with one attached hydrogen (secondary N) is 1. The summed E-state index contributed by atoms with van der Waals surface area (Å²) in [6.07, 6.45) is 0.757. The van der Waals surface area contributed by atoms with Crippen molar-refractivity contribution in [3.8, 4) is 0 Å². The highest BCUT2D eigenvalue weighted by molar-refractivity contribution is 5.94. The zero-order valence-corrected chi connectivity index (χ0v) is 9.00. The number of benzene rings is 1. The van der Waals surface area contributed by atoms with Gasteiger partial charge in [-0.15, -0.1) is 0 Å². The van der Waals surface area contributed by atoms with Gasteiger partial charge in [0.1, 0.15) is 5.82 Å². The Hall–Kier alpha value is -1.62. The lowest BCUT2D eigenvalue weighted by molar-refractivity contribution is 0.0697. The second kappa shape index (κ2) is 6.07. The lowest BCUT2D eigenvalue weighted by Crippen LogP contribution is -2.09. The minimum absolute atomic E-state index is 0.0579. The van der Waals surface area contributed by atoms with Crippen LogP contribution in [-0.2, 0) is 4.74 Å². The zero-order valence-electron chi connectivity index (χ0n) is 9.00. The van der Waals surface area contributed by atoms with E-state index in [0.29, 0.717) is 18.8 Å². The van der Waals surface area contributed by atoms with Crippen molar-refractivity contribution in [2.75, 3.05) is 25.6 Å². The minimum Gasteiger partial charge on any atom is -0.478 e. The summed E-state index contributed by atoms with van der Waals surface area (Å²) >= 11 is 0. The highest BCUT2D eigenvalue weighted by Gasteiger charge is 2.10. The van der Waals surface area contributed by atoms with Gasteiger partial charge in [-0.1, -0.05) is 0 Å². The second-order valence-electron chi connectivity index (χ2n) is 3.27. The van der Waals surface area contributed by atoms with Crippen molar-refractivity contribution in [2.24, 2.45) is 0 Å². The number of ether oxygens (including phenoxy) is 1. The Morgan fingerprint density at radius 2 is 2.31 bits per heavy atom. The Labute approximate surface area is 93.0 Å². The molecule has 0 aliphatic rings. The van der Waals surface area contributed by atoms with Crippen molar-refractivity contribution in [3.63, 3.8) is 0 Å². The highest BCUT2D eigenvalue weighted by Crippen LogP contribution is 2.16. The fourth-order valence-corrected chi connectivity index (χ4v) is 1.29. The molecule has 1 aromatic carbocycles. The lowest BCUT2D eigenvalue weighted by Gasteiger charge is -2.09. The monoisotopic (exact) mass is 227 g/mol. The van der Waals surface area contributed by atoms with Crippen LogP contribution < -0.4 is 5.32 Å². The Morgan fingerprint density at radius 1 is 1.56 bits per heavy atom. The number of carboxylic acids is 1. The summed E-state index contributed by atoms with van der Waals surface area (Å²) in [5.74, 6) is -1.70. The number of rotatable bonds is 6. The number of anilines is 1. The second-order valence-corrected chi connectivity index (χ2v) is 3.27. The van der Waals surface area contributed by atoms with Crippen LogP contribution in [0.5, 0.6) is 0 Å². The molecule has 4 nitrogen and oxygen atoms in total. The molecule has 5 heteroatoms. The van der Waals surface area contributed by atoms with Crippen molar-refractivity contribution >= 4 is 11.7 Å². The van der Waals surface area contributed by atoms with Crippen molar-refractivity contribution in [3.05, 3.63) is 29.6 Å². The number of aromatic carboxylic acids is 1. The largest absolute Gasteiger partial charge is 0.478 e. The zero-order chi connectivity index (χ0) is 12.0. The fraction of sp³-hybridized carbons (Fsp3) is 0.364. The number of carboxylic acid groups (broad SMARTS) is 1. The molecule has 0 bridgehead atoms. The Morgan fingerprint density at radius 3 is 2.94 bits per heavy atom. The van der Waals surface area contributed by atoms with Gasteiger partial charge in [0.05, 0.1) is 5.56 Å². The van der Waals surface area contributed by atoms with E-state index in [0.717, 1.165) is 12.5 Å². The summed E-state index contributed by atoms with van der Waals surface area (Å²) in [7, 11) is 1.60. The molecule has 0 spiro atoms. The summed E-state index contributed by atoms with van der Waals surface area (Å²) < 4.78 is 17.7. The maximum Gasteiger partial charge on any atom is 0.337 e. The van der Waals surface area contributed by atoms with Gasteiger partial charge in [0.25, 0.3) is 0 Å². The maximum absolute atomic E-state index is 12.8. The first-order valence-electron chi connectivity index (χ1n) is 4.91. The lowest BCUT2D eigenvalue weighted by atomic mass is 10.1. The Kier molecular flexibility index (Phi) is 4.72. The van der Waals surface area contributed by atoms with Gasteiger partial charge >= 0.3 is 5.97 Å². The van der Waals surface area contributed by atoms with E-state index in [-0.39, 0.29) is 5.56 Å². The summed E-state index contributed by atoms with van der Waals surface area (Å²) in [5.41, 5.74) is 0.363. The number of hydrogen-bond acceptors (Lipinski definition) is 3. The van der Waals surface area contributed by atoms with Gasteiger partial charge in [-0.2, -0.15) is 0 Å². The predicted molar refractivity (Wildman–Crippen MR) is 58.3 cm³/mol. The first kappa shape index (κ1) is 12.4. The van der Waals surface area contributed by atoms with Crippen LogP contribution in [-0.4, -0.2) is 31.3 Å². The van der Waals surface area contributed by atoms with Crippen LogP contribution in [0.2, 0.25) is 0 Å². The molecular formula is C11H14FNO3. The molecule has 0 saturated carbocycles. The van der Waals surface area contributed by atoms with Crippen molar-refractivity contribution in [1.82, 2.24) is 0 Å². The molecule has 0 fully saturated rings. The molecule has 1 aromatic rings. The van der Waals surface area contributed by atoms with Crippen LogP contribution in [0.1, 0.15) is 16.8 Å². The molecule has 0 aliphatic heterocycles. The molecule has 1 rings (SSSR count). The van der Waals surface area contributed by atoms with Gasteiger partial charge < -0.3 is 15.2 Å². The van der Waals surface area contributed by atoms with Gasteiger partial charge in [-0.05, 0) is 24.6 Å². The number of hydrogen-bond donors (Lipinski definition) is 2. The number of carbonyl (C=O) groups is 1. The topological polar surface area (TPSA) is 58.6 Å². The molecule has 2 N–H and O–H groups in total. The molecule has 0 saturated heterocycles. The highest BCUT2D eigenvalue weighted by atomic mass is 19.1. The van der Waals surface area contributed by atoms with E-state index in [4.69, 9.17) is 9.84 Å². The third-order valence-corrected chi connectivity index (χ3v) is 2.05. The van der Waals surface area contributed by atoms with Gasteiger partial charge in [0.15, 0.2) is 0 Å². The van der Waals surface area contributed by atoms with E-state index in [9.17, 15) is 9.18 Å². The first-order valence-corrected chi connectivity index (χ1v) is 4.91. The van der Waals surface area contributed by atoms with Crippen LogP contribution in [0.4, 0.5) is 10.1 Å². The number of methoxy groups -OCH3 is 1. The Balaban J connectivity index is 2.67. The van der Waals surface area contributed by atoms with E-state index < -0.39 is 11.8 Å². The van der Waals surface area contributed by atoms with E-state index in [1.54, 1.807) is 7.11 Å². The van der Waals surface area contributed by atoms with Gasteiger partial charge in [-0.25, -0.2) is 9.18 Å². The summed E-state index contributed by atoms with van der Waals surface area (Å²) in [6.45, 7) is 1.18. The molecule has 0 aliphatic carbocycles. The molecule has 0 aromatic heterocycles. The van der Waals surface area contributed by atoms with Crippen molar-refractivity contribution in [2.45, 2.75) is 6.42 Å². The van der Waals surface area contributed by atoms with E-state index in [1.165, 1.54) is 12.1 Å². The predicted octanol–water partition coefficient (Wildman–Crippen LogP) is 1.97. The van der Waals surface area contributed by atoms with Crippen LogP contribution in [0.15, 0.2) is 18.2 Å². The standard InChI is InChI=1S/C11H14FNO3/c1-16-6-2-5-13-10-4-3-8(12)7-9(10)11(14)15/h3-4,7,13H,2,5-6H2,1H3,(H,14,15). The SMILES string of the molecule is COCCCNc1ccc(F)cc1C(=O)O. The normalized spacial score (nSPS) is 10.1. The molecule has 0 radical (unpaired) electrons. The third-order valence-electron chi connectivity index (χ3n) is 2.05. The van der Waals surface area contributed by atoms with E-state index in [1.807, 2.05) is 0 Å². The van der Waals surface area contributed by atoms with Gasteiger partial charge in [-0.3, -0.25) is 0 Å². The van der Waals surface area contributed by atoms with E-state index in [2.05, 4.69) is 5.32 Å². The summed E-state index contributed by atoms with van der Waals surface area (Å²) in [4.78, 5) is 10.8. The summed E-state index contributed by atoms with van der Waals surface area (Å²) in [5, 5.41) is 11.8.